The average Bonchev–Trinajstić information content (AvgIpc) is 2.28. The van der Waals surface area contributed by atoms with Crippen molar-refractivity contribution in [1.29, 1.82) is 0 Å². The Morgan fingerprint density at radius 1 is 1.06 bits per heavy atom. The molecule has 5 heteroatoms. The molecule has 0 amide bonds. The molecule has 17 heavy (non-hydrogen) atoms. The molecule has 0 radical (unpaired) electrons. The van der Waals surface area contributed by atoms with E-state index in [1.54, 1.807) is 12.1 Å². The van der Waals surface area contributed by atoms with Gasteiger partial charge in [0, 0.05) is 12.4 Å². The second-order valence-corrected chi connectivity index (χ2v) is 3.36. The summed E-state index contributed by atoms with van der Waals surface area (Å²) in [6.45, 7) is 0. The third kappa shape index (κ3) is 2.13. The van der Waals surface area contributed by atoms with E-state index in [0.29, 0.717) is 5.56 Å². The first-order valence-electron chi connectivity index (χ1n) is 4.72. The standard InChI is InChI=1S/C12H7F2NO2/c13-9-5-8(7-1-3-15-4-2-7)6-10(14)11(9)12(16)17/h1-6H,(H,16,17). The van der Waals surface area contributed by atoms with Crippen LogP contribution in [0, 0.1) is 11.6 Å². The van der Waals surface area contributed by atoms with Crippen LogP contribution in [0.4, 0.5) is 8.78 Å². The number of nitrogens with zero attached hydrogens (tertiary/aromatic N) is 1. The van der Waals surface area contributed by atoms with Gasteiger partial charge in [0.2, 0.25) is 0 Å². The number of carboxylic acid groups (broad SMARTS) is 1. The van der Waals surface area contributed by atoms with Gasteiger partial charge in [-0.1, -0.05) is 0 Å². The summed E-state index contributed by atoms with van der Waals surface area (Å²) in [5.41, 5.74) is -0.107. The van der Waals surface area contributed by atoms with Gasteiger partial charge in [-0.3, -0.25) is 4.98 Å². The van der Waals surface area contributed by atoms with E-state index >= 15 is 0 Å². The van der Waals surface area contributed by atoms with Crippen LogP contribution in [0.1, 0.15) is 10.4 Å². The topological polar surface area (TPSA) is 50.2 Å². The zero-order chi connectivity index (χ0) is 12.4. The number of aromatic carboxylic acids is 1. The summed E-state index contributed by atoms with van der Waals surface area (Å²) in [4.78, 5) is 14.4. The van der Waals surface area contributed by atoms with E-state index in [9.17, 15) is 13.6 Å². The molecule has 0 aliphatic heterocycles. The third-order valence-corrected chi connectivity index (χ3v) is 2.27. The zero-order valence-corrected chi connectivity index (χ0v) is 8.52. The average molecular weight is 235 g/mol. The fraction of sp³-hybridized carbons (Fsp3) is 0. The molecule has 1 aromatic carbocycles. The zero-order valence-electron chi connectivity index (χ0n) is 8.52. The van der Waals surface area contributed by atoms with E-state index in [0.717, 1.165) is 12.1 Å². The minimum atomic E-state index is -1.62. The Morgan fingerprint density at radius 2 is 1.59 bits per heavy atom. The number of pyridine rings is 1. The first-order valence-corrected chi connectivity index (χ1v) is 4.72. The van der Waals surface area contributed by atoms with Crippen molar-refractivity contribution >= 4 is 5.97 Å². The van der Waals surface area contributed by atoms with Crippen LogP contribution in [0.5, 0.6) is 0 Å². The van der Waals surface area contributed by atoms with Crippen molar-refractivity contribution < 1.29 is 18.7 Å². The van der Waals surface area contributed by atoms with Gasteiger partial charge in [-0.05, 0) is 35.4 Å². The molecule has 0 saturated heterocycles. The molecule has 1 heterocycles. The van der Waals surface area contributed by atoms with Gasteiger partial charge >= 0.3 is 5.97 Å². The number of carboxylic acids is 1. The lowest BCUT2D eigenvalue weighted by molar-refractivity contribution is 0.0686. The summed E-state index contributed by atoms with van der Waals surface area (Å²) in [7, 11) is 0. The molecule has 0 unspecified atom stereocenters. The van der Waals surface area contributed by atoms with Crippen molar-refractivity contribution in [3.63, 3.8) is 0 Å². The highest BCUT2D eigenvalue weighted by atomic mass is 19.1. The van der Waals surface area contributed by atoms with Crippen LogP contribution < -0.4 is 0 Å². The molecule has 0 atom stereocenters. The summed E-state index contributed by atoms with van der Waals surface area (Å²) in [6.07, 6.45) is 2.96. The lowest BCUT2D eigenvalue weighted by Gasteiger charge is -2.05. The Balaban J connectivity index is 2.57. The maximum atomic E-state index is 13.4. The van der Waals surface area contributed by atoms with Crippen molar-refractivity contribution in [2.24, 2.45) is 0 Å². The molecular weight excluding hydrogens is 228 g/mol. The van der Waals surface area contributed by atoms with Gasteiger partial charge in [-0.2, -0.15) is 0 Å². The van der Waals surface area contributed by atoms with Crippen molar-refractivity contribution in [3.05, 3.63) is 53.9 Å². The van der Waals surface area contributed by atoms with E-state index in [2.05, 4.69) is 4.98 Å². The van der Waals surface area contributed by atoms with Crippen molar-refractivity contribution in [2.45, 2.75) is 0 Å². The molecule has 0 bridgehead atoms. The number of rotatable bonds is 2. The Bertz CT molecular complexity index is 547. The first kappa shape index (κ1) is 11.2. The van der Waals surface area contributed by atoms with Gasteiger partial charge in [0.05, 0.1) is 0 Å². The normalized spacial score (nSPS) is 10.2. The molecule has 0 fully saturated rings. The molecule has 1 N–H and O–H groups in total. The largest absolute Gasteiger partial charge is 0.477 e. The summed E-state index contributed by atoms with van der Waals surface area (Å²) < 4.78 is 26.8. The lowest BCUT2D eigenvalue weighted by atomic mass is 10.0. The van der Waals surface area contributed by atoms with E-state index in [1.807, 2.05) is 0 Å². The van der Waals surface area contributed by atoms with Gasteiger partial charge in [0.25, 0.3) is 0 Å². The van der Waals surface area contributed by atoms with Gasteiger partial charge < -0.3 is 5.11 Å². The molecule has 86 valence electrons. The minimum absolute atomic E-state index is 0.271. The third-order valence-electron chi connectivity index (χ3n) is 2.27. The number of aromatic nitrogens is 1. The Hall–Kier alpha value is -2.30. The van der Waals surface area contributed by atoms with Crippen LogP contribution >= 0.6 is 0 Å². The quantitative estimate of drug-likeness (QED) is 0.870. The maximum absolute atomic E-state index is 13.4. The molecule has 0 aliphatic rings. The van der Waals surface area contributed by atoms with E-state index < -0.39 is 23.2 Å². The summed E-state index contributed by atoms with van der Waals surface area (Å²) >= 11 is 0. The van der Waals surface area contributed by atoms with Crippen molar-refractivity contribution in [1.82, 2.24) is 4.98 Å². The summed E-state index contributed by atoms with van der Waals surface area (Å²) in [6, 6.07) is 5.13. The predicted octanol–water partition coefficient (Wildman–Crippen LogP) is 2.73. The molecule has 0 spiro atoms. The highest BCUT2D eigenvalue weighted by Gasteiger charge is 2.17. The number of hydrogen-bond donors (Lipinski definition) is 1. The highest BCUT2D eigenvalue weighted by Crippen LogP contribution is 2.23. The van der Waals surface area contributed by atoms with Crippen LogP contribution in [-0.4, -0.2) is 16.1 Å². The molecular formula is C12H7F2NO2. The van der Waals surface area contributed by atoms with Gasteiger partial charge in [-0.25, -0.2) is 13.6 Å². The fourth-order valence-electron chi connectivity index (χ4n) is 1.49. The van der Waals surface area contributed by atoms with Crippen molar-refractivity contribution in [3.8, 4) is 11.1 Å². The van der Waals surface area contributed by atoms with E-state index in [1.165, 1.54) is 12.4 Å². The van der Waals surface area contributed by atoms with Gasteiger partial charge in [0.1, 0.15) is 17.2 Å². The Kier molecular flexibility index (Phi) is 2.82. The van der Waals surface area contributed by atoms with Crippen LogP contribution in [0.3, 0.4) is 0 Å². The van der Waals surface area contributed by atoms with E-state index in [4.69, 9.17) is 5.11 Å². The lowest BCUT2D eigenvalue weighted by Crippen LogP contribution is -2.04. The number of halogens is 2. The smallest absolute Gasteiger partial charge is 0.341 e. The van der Waals surface area contributed by atoms with Crippen LogP contribution in [0.25, 0.3) is 11.1 Å². The molecule has 3 nitrogen and oxygen atoms in total. The Morgan fingerprint density at radius 3 is 2.06 bits per heavy atom. The highest BCUT2D eigenvalue weighted by molar-refractivity contribution is 5.89. The molecule has 0 saturated carbocycles. The van der Waals surface area contributed by atoms with Crippen molar-refractivity contribution in [2.75, 3.05) is 0 Å². The second-order valence-electron chi connectivity index (χ2n) is 3.36. The van der Waals surface area contributed by atoms with Crippen LogP contribution in [-0.2, 0) is 0 Å². The van der Waals surface area contributed by atoms with E-state index in [-0.39, 0.29) is 5.56 Å². The number of hydrogen-bond acceptors (Lipinski definition) is 2. The molecule has 0 aliphatic carbocycles. The maximum Gasteiger partial charge on any atom is 0.341 e. The summed E-state index contributed by atoms with van der Waals surface area (Å²) in [5, 5.41) is 8.62. The van der Waals surface area contributed by atoms with Crippen LogP contribution in [0.15, 0.2) is 36.7 Å². The van der Waals surface area contributed by atoms with Crippen LogP contribution in [0.2, 0.25) is 0 Å². The predicted molar refractivity (Wildman–Crippen MR) is 56.5 cm³/mol. The number of benzene rings is 1. The molecule has 2 aromatic rings. The Labute approximate surface area is 95.4 Å². The minimum Gasteiger partial charge on any atom is -0.477 e. The first-order chi connectivity index (χ1) is 8.09. The number of carbonyl (C=O) groups is 1. The summed E-state index contributed by atoms with van der Waals surface area (Å²) in [5.74, 6) is -3.81. The second kappa shape index (κ2) is 4.29. The monoisotopic (exact) mass is 235 g/mol. The molecule has 2 rings (SSSR count). The SMILES string of the molecule is O=C(O)c1c(F)cc(-c2ccncc2)cc1F. The van der Waals surface area contributed by atoms with Gasteiger partial charge in [0.15, 0.2) is 0 Å². The van der Waals surface area contributed by atoms with Gasteiger partial charge in [-0.15, -0.1) is 0 Å². The molecule has 1 aromatic heterocycles. The fourth-order valence-corrected chi connectivity index (χ4v) is 1.49.